The lowest BCUT2D eigenvalue weighted by Crippen LogP contribution is -2.03. The lowest BCUT2D eigenvalue weighted by atomic mass is 9.96. The van der Waals surface area contributed by atoms with E-state index in [-0.39, 0.29) is 12.3 Å². The largest absolute Gasteiger partial charge is 0.496 e. The quantitative estimate of drug-likeness (QED) is 0.827. The molecule has 0 saturated carbocycles. The van der Waals surface area contributed by atoms with Crippen LogP contribution < -0.4 is 4.74 Å². The summed E-state index contributed by atoms with van der Waals surface area (Å²) in [4.78, 5) is 10.6. The van der Waals surface area contributed by atoms with E-state index in [0.29, 0.717) is 0 Å². The molecule has 0 bridgehead atoms. The Bertz CT molecular complexity index is 358. The van der Waals surface area contributed by atoms with Crippen molar-refractivity contribution < 1.29 is 14.6 Å². The monoisotopic (exact) mass is 208 g/mol. The molecule has 0 fully saturated rings. The van der Waals surface area contributed by atoms with Crippen molar-refractivity contribution in [2.24, 2.45) is 0 Å². The van der Waals surface area contributed by atoms with Gasteiger partial charge in [0.05, 0.1) is 13.5 Å². The van der Waals surface area contributed by atoms with E-state index in [4.69, 9.17) is 9.84 Å². The number of benzene rings is 1. The molecule has 0 amide bonds. The first-order valence-electron chi connectivity index (χ1n) is 4.91. The topological polar surface area (TPSA) is 46.5 Å². The molecule has 0 radical (unpaired) electrons. The summed E-state index contributed by atoms with van der Waals surface area (Å²) in [5, 5.41) is 8.70. The molecule has 0 aliphatic rings. The molecule has 3 nitrogen and oxygen atoms in total. The molecular formula is C12H16O3. The van der Waals surface area contributed by atoms with Crippen molar-refractivity contribution in [3.05, 3.63) is 29.3 Å². The third-order valence-electron chi connectivity index (χ3n) is 2.48. The Morgan fingerprint density at radius 2 is 2.20 bits per heavy atom. The van der Waals surface area contributed by atoms with Crippen LogP contribution in [0.4, 0.5) is 0 Å². The molecule has 0 unspecified atom stereocenters. The highest BCUT2D eigenvalue weighted by atomic mass is 16.5. The number of hydrogen-bond donors (Lipinski definition) is 1. The number of carboxylic acids is 1. The van der Waals surface area contributed by atoms with Gasteiger partial charge < -0.3 is 9.84 Å². The van der Waals surface area contributed by atoms with Crippen molar-refractivity contribution in [3.63, 3.8) is 0 Å². The number of carbonyl (C=O) groups is 1. The highest BCUT2D eigenvalue weighted by Gasteiger charge is 2.11. The average molecular weight is 208 g/mol. The van der Waals surface area contributed by atoms with Gasteiger partial charge in [0.15, 0.2) is 0 Å². The van der Waals surface area contributed by atoms with Crippen LogP contribution in [-0.2, 0) is 4.79 Å². The first kappa shape index (κ1) is 11.6. The van der Waals surface area contributed by atoms with Crippen LogP contribution in [0.5, 0.6) is 5.75 Å². The fraction of sp³-hybridized carbons (Fsp3) is 0.417. The highest BCUT2D eigenvalue weighted by Crippen LogP contribution is 2.25. The van der Waals surface area contributed by atoms with Crippen molar-refractivity contribution in [1.82, 2.24) is 0 Å². The Balaban J connectivity index is 2.90. The van der Waals surface area contributed by atoms with Gasteiger partial charge in [0.25, 0.3) is 0 Å². The summed E-state index contributed by atoms with van der Waals surface area (Å²) in [6, 6.07) is 5.81. The van der Waals surface area contributed by atoms with Gasteiger partial charge in [-0.05, 0) is 30.0 Å². The molecule has 0 aliphatic heterocycles. The second-order valence-electron chi connectivity index (χ2n) is 3.73. The Labute approximate surface area is 89.7 Å². The van der Waals surface area contributed by atoms with Gasteiger partial charge in [-0.25, -0.2) is 0 Å². The van der Waals surface area contributed by atoms with Gasteiger partial charge in [-0.15, -0.1) is 0 Å². The molecule has 1 N–H and O–H groups in total. The summed E-state index contributed by atoms with van der Waals surface area (Å²) in [6.07, 6.45) is 0.145. The van der Waals surface area contributed by atoms with E-state index < -0.39 is 5.97 Å². The van der Waals surface area contributed by atoms with E-state index in [1.165, 1.54) is 0 Å². The zero-order valence-corrected chi connectivity index (χ0v) is 9.28. The van der Waals surface area contributed by atoms with Crippen molar-refractivity contribution in [2.75, 3.05) is 7.11 Å². The van der Waals surface area contributed by atoms with Gasteiger partial charge in [-0.2, -0.15) is 0 Å². The van der Waals surface area contributed by atoms with Crippen LogP contribution in [-0.4, -0.2) is 18.2 Å². The van der Waals surface area contributed by atoms with E-state index in [1.54, 1.807) is 7.11 Å². The van der Waals surface area contributed by atoms with Crippen LogP contribution in [0.25, 0.3) is 0 Å². The average Bonchev–Trinajstić information content (AvgIpc) is 2.17. The molecule has 1 aromatic rings. The Morgan fingerprint density at radius 3 is 2.73 bits per heavy atom. The van der Waals surface area contributed by atoms with Crippen LogP contribution in [0.15, 0.2) is 18.2 Å². The van der Waals surface area contributed by atoms with Crippen LogP contribution in [0, 0.1) is 6.92 Å². The number of carboxylic acid groups (broad SMARTS) is 1. The molecule has 1 atom stereocenters. The van der Waals surface area contributed by atoms with Crippen LogP contribution in [0.3, 0.4) is 0 Å². The third-order valence-corrected chi connectivity index (χ3v) is 2.48. The molecule has 0 heterocycles. The summed E-state index contributed by atoms with van der Waals surface area (Å²) in [5.41, 5.74) is 2.06. The Kier molecular flexibility index (Phi) is 3.72. The minimum Gasteiger partial charge on any atom is -0.496 e. The number of aryl methyl sites for hydroxylation is 1. The Hall–Kier alpha value is -1.51. The summed E-state index contributed by atoms with van der Waals surface area (Å²) < 4.78 is 5.19. The summed E-state index contributed by atoms with van der Waals surface area (Å²) in [6.45, 7) is 3.86. The minimum absolute atomic E-state index is 0.0111. The molecule has 0 aromatic heterocycles. The first-order chi connectivity index (χ1) is 7.04. The maximum absolute atomic E-state index is 10.6. The van der Waals surface area contributed by atoms with Gasteiger partial charge in [-0.3, -0.25) is 4.79 Å². The van der Waals surface area contributed by atoms with Gasteiger partial charge >= 0.3 is 5.97 Å². The van der Waals surface area contributed by atoms with Crippen molar-refractivity contribution >= 4 is 5.97 Å². The molecule has 1 aromatic carbocycles. The van der Waals surface area contributed by atoms with Gasteiger partial charge in [-0.1, -0.05) is 19.1 Å². The smallest absolute Gasteiger partial charge is 0.303 e. The third kappa shape index (κ3) is 2.98. The number of hydrogen-bond acceptors (Lipinski definition) is 2. The molecule has 82 valence electrons. The normalized spacial score (nSPS) is 12.2. The fourth-order valence-electron chi connectivity index (χ4n) is 1.52. The van der Waals surface area contributed by atoms with Crippen molar-refractivity contribution in [1.29, 1.82) is 0 Å². The van der Waals surface area contributed by atoms with Gasteiger partial charge in [0.1, 0.15) is 5.75 Å². The second kappa shape index (κ2) is 4.82. The van der Waals surface area contributed by atoms with E-state index in [2.05, 4.69) is 0 Å². The predicted molar refractivity (Wildman–Crippen MR) is 58.4 cm³/mol. The summed E-state index contributed by atoms with van der Waals surface area (Å²) in [7, 11) is 1.62. The molecule has 1 rings (SSSR count). The summed E-state index contributed by atoms with van der Waals surface area (Å²) >= 11 is 0. The lowest BCUT2D eigenvalue weighted by molar-refractivity contribution is -0.137. The maximum atomic E-state index is 10.6. The zero-order chi connectivity index (χ0) is 11.4. The Morgan fingerprint density at radius 1 is 1.53 bits per heavy atom. The maximum Gasteiger partial charge on any atom is 0.303 e. The molecule has 3 heteroatoms. The molecular weight excluding hydrogens is 192 g/mol. The number of rotatable bonds is 4. The molecule has 15 heavy (non-hydrogen) atoms. The SMILES string of the molecule is COc1cc([C@@H](C)CC(=O)O)ccc1C. The summed E-state index contributed by atoms with van der Waals surface area (Å²) in [5.74, 6) is 0.0452. The van der Waals surface area contributed by atoms with Crippen molar-refractivity contribution in [3.8, 4) is 5.75 Å². The zero-order valence-electron chi connectivity index (χ0n) is 9.28. The van der Waals surface area contributed by atoms with Crippen LogP contribution >= 0.6 is 0 Å². The molecule has 0 spiro atoms. The lowest BCUT2D eigenvalue weighted by Gasteiger charge is -2.12. The molecule has 0 saturated heterocycles. The van der Waals surface area contributed by atoms with E-state index in [9.17, 15) is 4.79 Å². The van der Waals surface area contributed by atoms with E-state index in [0.717, 1.165) is 16.9 Å². The second-order valence-corrected chi connectivity index (χ2v) is 3.73. The van der Waals surface area contributed by atoms with Crippen LogP contribution in [0.2, 0.25) is 0 Å². The van der Waals surface area contributed by atoms with Crippen molar-refractivity contribution in [2.45, 2.75) is 26.2 Å². The minimum atomic E-state index is -0.776. The van der Waals surface area contributed by atoms with Crippen LogP contribution in [0.1, 0.15) is 30.4 Å². The first-order valence-corrected chi connectivity index (χ1v) is 4.91. The standard InChI is InChI=1S/C12H16O3/c1-8-4-5-10(7-11(8)15-3)9(2)6-12(13)14/h4-5,7,9H,6H2,1-3H3,(H,13,14)/t9-/m0/s1. The number of methoxy groups -OCH3 is 1. The highest BCUT2D eigenvalue weighted by molar-refractivity contribution is 5.68. The van der Waals surface area contributed by atoms with Gasteiger partial charge in [0.2, 0.25) is 0 Å². The van der Waals surface area contributed by atoms with Gasteiger partial charge in [0, 0.05) is 0 Å². The number of aliphatic carboxylic acids is 1. The van der Waals surface area contributed by atoms with E-state index in [1.807, 2.05) is 32.0 Å². The predicted octanol–water partition coefficient (Wildman–Crippen LogP) is 2.58. The fourth-order valence-corrected chi connectivity index (χ4v) is 1.52. The van der Waals surface area contributed by atoms with E-state index >= 15 is 0 Å². The number of ether oxygens (including phenoxy) is 1. The molecule has 0 aliphatic carbocycles.